The largest absolute Gasteiger partial charge is 0.433 e. The summed E-state index contributed by atoms with van der Waals surface area (Å²) in [5, 5.41) is 12.3. The molecule has 12 nitrogen and oxygen atoms in total. The number of pyridine rings is 1. The number of alkyl halides is 3. The third-order valence-corrected chi connectivity index (χ3v) is 6.23. The monoisotopic (exact) mass is 514 g/mol. The van der Waals surface area contributed by atoms with Crippen LogP contribution >= 0.6 is 0 Å². The van der Waals surface area contributed by atoms with Crippen molar-refractivity contribution >= 4 is 41.4 Å². The number of hydrogen-bond acceptors (Lipinski definition) is 9. The number of anilines is 3. The van der Waals surface area contributed by atoms with Crippen LogP contribution < -0.4 is 25.8 Å². The number of nitrogens with zero attached hydrogens (tertiary/aromatic N) is 7. The van der Waals surface area contributed by atoms with Crippen LogP contribution in [0.1, 0.15) is 24.1 Å². The summed E-state index contributed by atoms with van der Waals surface area (Å²) in [4.78, 5) is 40.3. The predicted molar refractivity (Wildman–Crippen MR) is 126 cm³/mol. The van der Waals surface area contributed by atoms with Gasteiger partial charge < -0.3 is 20.4 Å². The van der Waals surface area contributed by atoms with Gasteiger partial charge >= 0.3 is 12.2 Å². The molecule has 0 radical (unpaired) electrons. The van der Waals surface area contributed by atoms with E-state index < -0.39 is 23.8 Å². The molecule has 1 aliphatic carbocycles. The van der Waals surface area contributed by atoms with Crippen LogP contribution in [0, 0.1) is 0 Å². The molecule has 15 heteroatoms. The van der Waals surface area contributed by atoms with Crippen molar-refractivity contribution in [3.05, 3.63) is 41.4 Å². The van der Waals surface area contributed by atoms with Crippen molar-refractivity contribution in [2.45, 2.75) is 25.1 Å². The number of rotatable bonds is 5. The minimum atomic E-state index is -4.51. The molecule has 1 saturated carbocycles. The summed E-state index contributed by atoms with van der Waals surface area (Å²) in [5.74, 6) is 0.638. The van der Waals surface area contributed by atoms with E-state index in [0.717, 1.165) is 18.9 Å². The van der Waals surface area contributed by atoms with Gasteiger partial charge in [-0.3, -0.25) is 10.1 Å². The maximum atomic E-state index is 13.1. The van der Waals surface area contributed by atoms with Crippen molar-refractivity contribution in [1.82, 2.24) is 35.2 Å². The molecule has 3 fully saturated rings. The molecule has 3 aliphatic rings. The van der Waals surface area contributed by atoms with E-state index >= 15 is 0 Å². The average Bonchev–Trinajstić information content (AvgIpc) is 3.51. The second-order valence-electron chi connectivity index (χ2n) is 8.92. The topological polar surface area (TPSA) is 133 Å². The fraction of sp³-hybridized carbons (Fsp3) is 0.364. The molecule has 6 rings (SSSR count). The van der Waals surface area contributed by atoms with Gasteiger partial charge in [-0.2, -0.15) is 32.8 Å². The Hall–Kier alpha value is -4.43. The van der Waals surface area contributed by atoms with Crippen molar-refractivity contribution in [2.24, 2.45) is 0 Å². The highest BCUT2D eigenvalue weighted by molar-refractivity contribution is 6.14. The number of carbonyl (C=O) groups is 2. The minimum Gasteiger partial charge on any atom is -0.353 e. The Morgan fingerprint density at radius 2 is 1.76 bits per heavy atom. The number of aromatic nitrogens is 5. The molecule has 37 heavy (non-hydrogen) atoms. The molecule has 0 atom stereocenters. The van der Waals surface area contributed by atoms with Crippen LogP contribution in [-0.4, -0.2) is 68.7 Å². The Morgan fingerprint density at radius 3 is 2.43 bits per heavy atom. The summed E-state index contributed by atoms with van der Waals surface area (Å²) in [6, 6.07) is 3.55. The van der Waals surface area contributed by atoms with Crippen LogP contribution in [0.4, 0.5) is 35.7 Å². The van der Waals surface area contributed by atoms with Crippen molar-refractivity contribution in [2.75, 3.05) is 41.3 Å². The van der Waals surface area contributed by atoms with Gasteiger partial charge in [0.1, 0.15) is 17.2 Å². The lowest BCUT2D eigenvalue weighted by molar-refractivity contribution is -0.141. The van der Waals surface area contributed by atoms with Gasteiger partial charge in [-0.1, -0.05) is 6.07 Å². The van der Waals surface area contributed by atoms with E-state index in [1.807, 2.05) is 4.90 Å². The zero-order valence-corrected chi connectivity index (χ0v) is 19.3. The summed E-state index contributed by atoms with van der Waals surface area (Å²) < 4.78 is 40.8. The molecule has 0 unspecified atom stereocenters. The van der Waals surface area contributed by atoms with Crippen LogP contribution in [0.25, 0.3) is 11.7 Å². The standard InChI is InChI=1S/C22H21F3N10O2/c23-22(24,25)15-2-1-3-16(29-15)33-6-8-34(9-7-33)19-30-17-12(10-14-18(36)31-21(37)28-14)11-26-35(17)20(32-19)27-13-4-5-13/h1-3,10-11,13H,4-9H2,(H,27,30,32)(H2,28,31,36,37)/b14-10-. The highest BCUT2D eigenvalue weighted by Gasteiger charge is 2.33. The number of nitrogens with one attached hydrogen (secondary N) is 3. The number of halogens is 3. The van der Waals surface area contributed by atoms with Crippen LogP contribution in [0.15, 0.2) is 30.1 Å². The number of piperazine rings is 1. The number of urea groups is 1. The second-order valence-corrected chi connectivity index (χ2v) is 8.92. The number of hydrogen-bond donors (Lipinski definition) is 3. The summed E-state index contributed by atoms with van der Waals surface area (Å²) in [7, 11) is 0. The summed E-state index contributed by atoms with van der Waals surface area (Å²) >= 11 is 0. The van der Waals surface area contributed by atoms with Gasteiger partial charge in [0, 0.05) is 37.8 Å². The van der Waals surface area contributed by atoms with Crippen molar-refractivity contribution in [3.8, 4) is 0 Å². The summed E-state index contributed by atoms with van der Waals surface area (Å²) in [6.07, 6.45) is 0.541. The van der Waals surface area contributed by atoms with E-state index in [-0.39, 0.29) is 17.6 Å². The third kappa shape index (κ3) is 4.59. The van der Waals surface area contributed by atoms with Crippen LogP contribution in [0.5, 0.6) is 0 Å². The molecular formula is C22H21F3N10O2. The Kier molecular flexibility index (Phi) is 5.35. The quantitative estimate of drug-likeness (QED) is 0.343. The SMILES string of the molecule is O=C1NC(=O)/C(=C/c2cnn3c(NC4CC4)nc(N4CCN(c5cccc(C(F)(F)F)n5)CC4)nc23)N1. The van der Waals surface area contributed by atoms with Gasteiger partial charge in [0.2, 0.25) is 11.9 Å². The average molecular weight is 514 g/mol. The van der Waals surface area contributed by atoms with Gasteiger partial charge in [0.25, 0.3) is 5.91 Å². The van der Waals surface area contributed by atoms with E-state index in [2.05, 4.69) is 36.0 Å². The molecular weight excluding hydrogens is 493 g/mol. The van der Waals surface area contributed by atoms with Crippen molar-refractivity contribution in [1.29, 1.82) is 0 Å². The molecule has 0 bridgehead atoms. The first kappa shape index (κ1) is 23.0. The molecule has 192 valence electrons. The van der Waals surface area contributed by atoms with Gasteiger partial charge in [-0.15, -0.1) is 0 Å². The van der Waals surface area contributed by atoms with E-state index in [0.29, 0.717) is 49.3 Å². The smallest absolute Gasteiger partial charge is 0.353 e. The zero-order chi connectivity index (χ0) is 25.7. The molecule has 2 aliphatic heterocycles. The minimum absolute atomic E-state index is 0.0824. The van der Waals surface area contributed by atoms with Gasteiger partial charge in [-0.25, -0.2) is 9.78 Å². The van der Waals surface area contributed by atoms with E-state index in [9.17, 15) is 22.8 Å². The third-order valence-electron chi connectivity index (χ3n) is 6.23. The fourth-order valence-corrected chi connectivity index (χ4v) is 4.16. The van der Waals surface area contributed by atoms with E-state index in [4.69, 9.17) is 0 Å². The van der Waals surface area contributed by atoms with Crippen LogP contribution in [0.3, 0.4) is 0 Å². The number of amides is 3. The summed E-state index contributed by atoms with van der Waals surface area (Å²) in [5.41, 5.74) is 0.115. The lowest BCUT2D eigenvalue weighted by atomic mass is 10.2. The van der Waals surface area contributed by atoms with Gasteiger partial charge in [0.05, 0.1) is 6.20 Å². The second kappa shape index (κ2) is 8.60. The Labute approximate surface area is 207 Å². The number of fused-ring (bicyclic) bond motifs is 1. The van der Waals surface area contributed by atoms with Crippen molar-refractivity contribution < 1.29 is 22.8 Å². The lowest BCUT2D eigenvalue weighted by Gasteiger charge is -2.35. The molecule has 5 heterocycles. The lowest BCUT2D eigenvalue weighted by Crippen LogP contribution is -2.47. The van der Waals surface area contributed by atoms with Crippen LogP contribution in [-0.2, 0) is 11.0 Å². The normalized spacial score (nSPS) is 19.5. The predicted octanol–water partition coefficient (Wildman–Crippen LogP) is 1.62. The van der Waals surface area contributed by atoms with Crippen molar-refractivity contribution in [3.63, 3.8) is 0 Å². The van der Waals surface area contributed by atoms with Gasteiger partial charge in [0.15, 0.2) is 5.65 Å². The Morgan fingerprint density at radius 1 is 1.00 bits per heavy atom. The highest BCUT2D eigenvalue weighted by atomic mass is 19.4. The van der Waals surface area contributed by atoms with Crippen LogP contribution in [0.2, 0.25) is 0 Å². The number of imide groups is 1. The summed E-state index contributed by atoms with van der Waals surface area (Å²) in [6.45, 7) is 1.77. The van der Waals surface area contributed by atoms with Gasteiger partial charge in [-0.05, 0) is 31.1 Å². The molecule has 3 aromatic heterocycles. The molecule has 2 saturated heterocycles. The Bertz CT molecular complexity index is 1420. The maximum absolute atomic E-state index is 13.1. The number of carbonyl (C=O) groups excluding carboxylic acids is 2. The maximum Gasteiger partial charge on any atom is 0.433 e. The molecule has 3 amide bonds. The zero-order valence-electron chi connectivity index (χ0n) is 19.3. The van der Waals surface area contributed by atoms with E-state index in [1.165, 1.54) is 18.3 Å². The Balaban J connectivity index is 1.27. The molecule has 0 spiro atoms. The first-order valence-corrected chi connectivity index (χ1v) is 11.6. The van der Waals surface area contributed by atoms with E-state index in [1.54, 1.807) is 15.5 Å². The molecule has 3 aromatic rings. The first-order valence-electron chi connectivity index (χ1n) is 11.6. The molecule has 3 N–H and O–H groups in total. The first-order chi connectivity index (χ1) is 17.7. The molecule has 0 aromatic carbocycles. The highest BCUT2D eigenvalue weighted by Crippen LogP contribution is 2.30. The fourth-order valence-electron chi connectivity index (χ4n) is 4.16.